The fourth-order valence-corrected chi connectivity index (χ4v) is 5.65. The molecule has 4 heterocycles. The molecule has 0 N–H and O–H groups in total. The number of likely N-dealkylation sites (tertiary alicyclic amines) is 1. The van der Waals surface area contributed by atoms with Crippen molar-refractivity contribution in [1.82, 2.24) is 19.9 Å². The summed E-state index contributed by atoms with van der Waals surface area (Å²) < 4.78 is 0. The second-order valence-corrected chi connectivity index (χ2v) is 9.80. The van der Waals surface area contributed by atoms with Crippen LogP contribution >= 0.6 is 0 Å². The van der Waals surface area contributed by atoms with Crippen LogP contribution in [0, 0.1) is 12.8 Å². The number of rotatable bonds is 4. The van der Waals surface area contributed by atoms with Gasteiger partial charge in [0.05, 0.1) is 0 Å². The van der Waals surface area contributed by atoms with E-state index in [2.05, 4.69) is 4.98 Å². The Kier molecular flexibility index (Phi) is 6.38. The SMILES string of the molecule is Cc1nc([C@@H]2CCCN(C(=O)c3ccncc3)C2)nc2c1CCC(=O)N2CC1CCCCC1. The number of aromatic nitrogens is 3. The molecule has 0 radical (unpaired) electrons. The van der Waals surface area contributed by atoms with Crippen molar-refractivity contribution in [1.29, 1.82) is 0 Å². The molecule has 7 heteroatoms. The first-order valence-corrected chi connectivity index (χ1v) is 12.5. The standard InChI is InChI=1S/C26H33N5O2/c1-18-22-9-10-23(32)31(16-19-6-3-2-4-7-19)25(22)29-24(28-18)21-8-5-15-30(17-21)26(33)20-11-13-27-14-12-20/h11-14,19,21H,2-10,15-17H2,1H3/t21-/m1/s1. The Morgan fingerprint density at radius 2 is 1.82 bits per heavy atom. The molecule has 5 rings (SSSR count). The van der Waals surface area contributed by atoms with E-state index in [4.69, 9.17) is 9.97 Å². The molecule has 2 aromatic rings. The summed E-state index contributed by atoms with van der Waals surface area (Å²) in [5.74, 6) is 2.48. The highest BCUT2D eigenvalue weighted by molar-refractivity contribution is 5.95. The Bertz CT molecular complexity index is 1020. The van der Waals surface area contributed by atoms with Crippen molar-refractivity contribution < 1.29 is 9.59 Å². The van der Waals surface area contributed by atoms with Crippen molar-refractivity contribution in [3.05, 3.63) is 47.2 Å². The molecule has 33 heavy (non-hydrogen) atoms. The number of aryl methyl sites for hydroxylation is 1. The third-order valence-electron chi connectivity index (χ3n) is 7.52. The van der Waals surface area contributed by atoms with Gasteiger partial charge in [-0.2, -0.15) is 0 Å². The van der Waals surface area contributed by atoms with Crippen molar-refractivity contribution in [2.45, 2.75) is 70.6 Å². The zero-order valence-electron chi connectivity index (χ0n) is 19.5. The summed E-state index contributed by atoms with van der Waals surface area (Å²) in [6.45, 7) is 4.17. The van der Waals surface area contributed by atoms with E-state index in [-0.39, 0.29) is 17.7 Å². The molecular formula is C26H33N5O2. The van der Waals surface area contributed by atoms with Crippen LogP contribution in [0.4, 0.5) is 5.82 Å². The lowest BCUT2D eigenvalue weighted by Gasteiger charge is -2.35. The first-order chi connectivity index (χ1) is 16.1. The molecule has 0 spiro atoms. The van der Waals surface area contributed by atoms with Gasteiger partial charge < -0.3 is 4.90 Å². The highest BCUT2D eigenvalue weighted by Crippen LogP contribution is 2.34. The van der Waals surface area contributed by atoms with Crippen LogP contribution in [0.2, 0.25) is 0 Å². The number of carbonyl (C=O) groups is 2. The fraction of sp³-hybridized carbons (Fsp3) is 0.577. The van der Waals surface area contributed by atoms with E-state index in [0.717, 1.165) is 55.3 Å². The number of anilines is 1. The van der Waals surface area contributed by atoms with E-state index in [1.54, 1.807) is 24.5 Å². The quantitative estimate of drug-likeness (QED) is 0.706. The zero-order chi connectivity index (χ0) is 22.8. The lowest BCUT2D eigenvalue weighted by molar-refractivity contribution is -0.119. The molecule has 1 aliphatic carbocycles. The van der Waals surface area contributed by atoms with Crippen molar-refractivity contribution in [2.24, 2.45) is 5.92 Å². The van der Waals surface area contributed by atoms with Gasteiger partial charge in [0, 0.05) is 61.2 Å². The summed E-state index contributed by atoms with van der Waals surface area (Å²) in [5, 5.41) is 0. The van der Waals surface area contributed by atoms with E-state index < -0.39 is 0 Å². The first kappa shape index (κ1) is 22.0. The number of fused-ring (bicyclic) bond motifs is 1. The van der Waals surface area contributed by atoms with Crippen molar-refractivity contribution in [3.63, 3.8) is 0 Å². The maximum absolute atomic E-state index is 13.0. The topological polar surface area (TPSA) is 79.3 Å². The second-order valence-electron chi connectivity index (χ2n) is 9.80. The van der Waals surface area contributed by atoms with E-state index in [0.29, 0.717) is 24.4 Å². The van der Waals surface area contributed by atoms with Gasteiger partial charge in [0.1, 0.15) is 11.6 Å². The van der Waals surface area contributed by atoms with Crippen LogP contribution in [-0.4, -0.2) is 51.3 Å². The van der Waals surface area contributed by atoms with Crippen molar-refractivity contribution >= 4 is 17.6 Å². The van der Waals surface area contributed by atoms with E-state index in [1.807, 2.05) is 16.7 Å². The van der Waals surface area contributed by atoms with Crippen LogP contribution in [0.25, 0.3) is 0 Å². The lowest BCUT2D eigenvalue weighted by atomic mass is 9.88. The minimum absolute atomic E-state index is 0.0332. The summed E-state index contributed by atoms with van der Waals surface area (Å²) in [6, 6.07) is 3.53. The Morgan fingerprint density at radius 1 is 1.03 bits per heavy atom. The molecule has 0 unspecified atom stereocenters. The van der Waals surface area contributed by atoms with Gasteiger partial charge in [-0.15, -0.1) is 0 Å². The molecule has 1 saturated heterocycles. The van der Waals surface area contributed by atoms with Crippen molar-refractivity contribution in [3.8, 4) is 0 Å². The number of pyridine rings is 1. The third-order valence-corrected chi connectivity index (χ3v) is 7.52. The maximum Gasteiger partial charge on any atom is 0.253 e. The molecule has 2 aromatic heterocycles. The van der Waals surface area contributed by atoms with Crippen molar-refractivity contribution in [2.75, 3.05) is 24.5 Å². The minimum atomic E-state index is 0.0332. The molecule has 1 atom stereocenters. The molecule has 2 amide bonds. The van der Waals surface area contributed by atoms with E-state index >= 15 is 0 Å². The summed E-state index contributed by atoms with van der Waals surface area (Å²) in [4.78, 5) is 43.7. The van der Waals surface area contributed by atoms with Crippen LogP contribution in [0.3, 0.4) is 0 Å². The van der Waals surface area contributed by atoms with E-state index in [1.165, 1.54) is 32.1 Å². The average Bonchev–Trinajstić information content (AvgIpc) is 2.86. The number of carbonyl (C=O) groups excluding carboxylic acids is 2. The van der Waals surface area contributed by atoms with Gasteiger partial charge >= 0.3 is 0 Å². The minimum Gasteiger partial charge on any atom is -0.338 e. The summed E-state index contributed by atoms with van der Waals surface area (Å²) in [5.41, 5.74) is 2.76. The van der Waals surface area contributed by atoms with Gasteiger partial charge in [0.25, 0.3) is 5.91 Å². The lowest BCUT2D eigenvalue weighted by Crippen LogP contribution is -2.42. The molecule has 7 nitrogen and oxygen atoms in total. The van der Waals surface area contributed by atoms with Gasteiger partial charge in [0.2, 0.25) is 5.91 Å². The van der Waals surface area contributed by atoms with Crippen LogP contribution < -0.4 is 4.90 Å². The second kappa shape index (κ2) is 9.57. The molecule has 174 valence electrons. The van der Waals surface area contributed by atoms with Crippen LogP contribution in [0.5, 0.6) is 0 Å². The Morgan fingerprint density at radius 3 is 2.61 bits per heavy atom. The van der Waals surface area contributed by atoms with Gasteiger partial charge in [-0.3, -0.25) is 19.5 Å². The molecule has 0 aromatic carbocycles. The number of nitrogens with zero attached hydrogens (tertiary/aromatic N) is 5. The van der Waals surface area contributed by atoms with Gasteiger partial charge in [-0.1, -0.05) is 19.3 Å². The fourth-order valence-electron chi connectivity index (χ4n) is 5.65. The number of hydrogen-bond donors (Lipinski definition) is 0. The molecular weight excluding hydrogens is 414 g/mol. The van der Waals surface area contributed by atoms with Crippen LogP contribution in [-0.2, 0) is 11.2 Å². The molecule has 3 aliphatic rings. The Balaban J connectivity index is 1.39. The summed E-state index contributed by atoms with van der Waals surface area (Å²) in [6.07, 6.45) is 12.7. The number of amides is 2. The number of piperidine rings is 1. The highest BCUT2D eigenvalue weighted by atomic mass is 16.2. The summed E-state index contributed by atoms with van der Waals surface area (Å²) >= 11 is 0. The number of hydrogen-bond acceptors (Lipinski definition) is 5. The molecule has 2 fully saturated rings. The highest BCUT2D eigenvalue weighted by Gasteiger charge is 2.33. The first-order valence-electron chi connectivity index (χ1n) is 12.5. The largest absolute Gasteiger partial charge is 0.338 e. The normalized spacial score (nSPS) is 21.7. The molecule has 1 saturated carbocycles. The molecule has 2 aliphatic heterocycles. The maximum atomic E-state index is 13.0. The van der Waals surface area contributed by atoms with E-state index in [9.17, 15) is 9.59 Å². The predicted octanol–water partition coefficient (Wildman–Crippen LogP) is 4.06. The predicted molar refractivity (Wildman–Crippen MR) is 126 cm³/mol. The van der Waals surface area contributed by atoms with Crippen LogP contribution in [0.1, 0.15) is 84.7 Å². The Hall–Kier alpha value is -2.83. The van der Waals surface area contributed by atoms with Crippen LogP contribution in [0.15, 0.2) is 24.5 Å². The summed E-state index contributed by atoms with van der Waals surface area (Å²) in [7, 11) is 0. The zero-order valence-corrected chi connectivity index (χ0v) is 19.5. The van der Waals surface area contributed by atoms with Gasteiger partial charge in [-0.05, 0) is 57.1 Å². The van der Waals surface area contributed by atoms with Gasteiger partial charge in [-0.25, -0.2) is 9.97 Å². The average molecular weight is 448 g/mol. The monoisotopic (exact) mass is 447 g/mol. The Labute approximate surface area is 195 Å². The van der Waals surface area contributed by atoms with Gasteiger partial charge in [0.15, 0.2) is 0 Å². The molecule has 0 bridgehead atoms. The smallest absolute Gasteiger partial charge is 0.253 e. The third kappa shape index (κ3) is 4.63.